The van der Waals surface area contributed by atoms with Crippen LogP contribution in [0.25, 0.3) is 0 Å². The lowest BCUT2D eigenvalue weighted by Gasteiger charge is -2.38. The minimum absolute atomic E-state index is 0.126. The van der Waals surface area contributed by atoms with E-state index in [9.17, 15) is 14.4 Å². The molecular formula is C18H17NO4. The van der Waals surface area contributed by atoms with Crippen molar-refractivity contribution in [2.45, 2.75) is 19.8 Å². The molecule has 1 aromatic carbocycles. The first-order valence-corrected chi connectivity index (χ1v) is 7.91. The van der Waals surface area contributed by atoms with Gasteiger partial charge in [-0.15, -0.1) is 0 Å². The van der Waals surface area contributed by atoms with E-state index >= 15 is 0 Å². The standard InChI is InChI=1S/C18H17NO4/c1-10(20)23-14-4-2-3-13(9-14)19-17(21)15-11-5-6-12(8-7-11)16(15)18(19)22/h2-6,9,11-12,15-16H,7-8H2,1H3/t11-,12+,15-,16+. The number of carbonyl (C=O) groups excluding carboxylic acids is 3. The maximum atomic E-state index is 12.8. The molecule has 1 aliphatic heterocycles. The average Bonchev–Trinajstić information content (AvgIpc) is 2.82. The summed E-state index contributed by atoms with van der Waals surface area (Å²) in [6, 6.07) is 6.59. The number of esters is 1. The van der Waals surface area contributed by atoms with Gasteiger partial charge in [-0.2, -0.15) is 0 Å². The largest absolute Gasteiger partial charge is 0.427 e. The molecule has 5 heteroatoms. The zero-order chi connectivity index (χ0) is 16.1. The predicted molar refractivity (Wildman–Crippen MR) is 82.6 cm³/mol. The van der Waals surface area contributed by atoms with Crippen LogP contribution < -0.4 is 9.64 Å². The topological polar surface area (TPSA) is 63.7 Å². The molecule has 2 fully saturated rings. The van der Waals surface area contributed by atoms with Gasteiger partial charge < -0.3 is 4.74 Å². The highest BCUT2D eigenvalue weighted by molar-refractivity contribution is 6.22. The summed E-state index contributed by atoms with van der Waals surface area (Å²) in [6.45, 7) is 1.32. The Morgan fingerprint density at radius 3 is 2.22 bits per heavy atom. The Bertz CT molecular complexity index is 706. The third-order valence-corrected chi connectivity index (χ3v) is 5.10. The summed E-state index contributed by atoms with van der Waals surface area (Å²) in [6.07, 6.45) is 6.14. The van der Waals surface area contributed by atoms with E-state index in [2.05, 4.69) is 12.2 Å². The minimum Gasteiger partial charge on any atom is -0.427 e. The number of fused-ring (bicyclic) bond motifs is 1. The van der Waals surface area contributed by atoms with Crippen LogP contribution in [0.5, 0.6) is 5.75 Å². The number of anilines is 1. The molecule has 1 saturated carbocycles. The second kappa shape index (κ2) is 5.05. The van der Waals surface area contributed by atoms with Gasteiger partial charge in [-0.05, 0) is 36.8 Å². The lowest BCUT2D eigenvalue weighted by molar-refractivity contribution is -0.132. The minimum atomic E-state index is -0.433. The lowest BCUT2D eigenvalue weighted by Crippen LogP contribution is -2.38. The molecule has 0 spiro atoms. The highest BCUT2D eigenvalue weighted by Crippen LogP contribution is 2.50. The molecule has 2 bridgehead atoms. The third kappa shape index (κ3) is 2.11. The average molecular weight is 311 g/mol. The molecule has 1 saturated heterocycles. The molecule has 1 aromatic rings. The predicted octanol–water partition coefficient (Wildman–Crippen LogP) is 2.31. The van der Waals surface area contributed by atoms with Crippen LogP contribution in [0.1, 0.15) is 19.8 Å². The number of amides is 2. The molecule has 23 heavy (non-hydrogen) atoms. The Morgan fingerprint density at radius 1 is 1.09 bits per heavy atom. The van der Waals surface area contributed by atoms with Crippen LogP contribution in [-0.2, 0) is 14.4 Å². The lowest BCUT2D eigenvalue weighted by atomic mass is 9.63. The van der Waals surface area contributed by atoms with E-state index in [0.717, 1.165) is 12.8 Å². The van der Waals surface area contributed by atoms with Crippen molar-refractivity contribution >= 4 is 23.5 Å². The number of rotatable bonds is 2. The van der Waals surface area contributed by atoms with E-state index in [1.807, 2.05) is 0 Å². The molecule has 4 atom stereocenters. The number of nitrogens with zero attached hydrogens (tertiary/aromatic N) is 1. The molecule has 0 radical (unpaired) electrons. The van der Waals surface area contributed by atoms with Crippen LogP contribution in [0, 0.1) is 23.7 Å². The quantitative estimate of drug-likeness (QED) is 0.364. The summed E-state index contributed by atoms with van der Waals surface area (Å²) in [5.74, 6) is -0.472. The Balaban J connectivity index is 1.69. The SMILES string of the molecule is CC(=O)Oc1cccc(N2C(=O)[C@@H]3[C@H](C2=O)[C@@H]2C=C[C@H]3CC2)c1. The summed E-state index contributed by atoms with van der Waals surface area (Å²) in [5.41, 5.74) is 0.479. The summed E-state index contributed by atoms with van der Waals surface area (Å²) < 4.78 is 5.06. The highest BCUT2D eigenvalue weighted by atomic mass is 16.5. The number of ether oxygens (including phenoxy) is 1. The third-order valence-electron chi connectivity index (χ3n) is 5.10. The van der Waals surface area contributed by atoms with E-state index in [1.165, 1.54) is 11.8 Å². The van der Waals surface area contributed by atoms with Gasteiger partial charge in [0.05, 0.1) is 17.5 Å². The van der Waals surface area contributed by atoms with Crippen molar-refractivity contribution in [2.24, 2.45) is 23.7 Å². The fraction of sp³-hybridized carbons (Fsp3) is 0.389. The fourth-order valence-corrected chi connectivity index (χ4v) is 4.18. The van der Waals surface area contributed by atoms with E-state index < -0.39 is 5.97 Å². The van der Waals surface area contributed by atoms with Crippen LogP contribution in [-0.4, -0.2) is 17.8 Å². The number of benzene rings is 1. The Morgan fingerprint density at radius 2 is 1.70 bits per heavy atom. The maximum Gasteiger partial charge on any atom is 0.308 e. The zero-order valence-electron chi connectivity index (χ0n) is 12.8. The van der Waals surface area contributed by atoms with Crippen LogP contribution >= 0.6 is 0 Å². The molecule has 0 unspecified atom stereocenters. The summed E-state index contributed by atoms with van der Waals surface area (Å²) in [5, 5.41) is 0. The molecule has 5 rings (SSSR count). The molecule has 3 aliphatic carbocycles. The van der Waals surface area contributed by atoms with Crippen molar-refractivity contribution in [2.75, 3.05) is 4.90 Å². The number of imide groups is 1. The number of hydrogen-bond donors (Lipinski definition) is 0. The van der Waals surface area contributed by atoms with Gasteiger partial charge >= 0.3 is 5.97 Å². The van der Waals surface area contributed by atoms with E-state index in [4.69, 9.17) is 4.74 Å². The van der Waals surface area contributed by atoms with Gasteiger partial charge in [-0.1, -0.05) is 18.2 Å². The number of hydrogen-bond acceptors (Lipinski definition) is 4. The summed E-state index contributed by atoms with van der Waals surface area (Å²) in [4.78, 5) is 38.0. The second-order valence-electron chi connectivity index (χ2n) is 6.44. The van der Waals surface area contributed by atoms with Crippen LogP contribution in [0.15, 0.2) is 36.4 Å². The second-order valence-corrected chi connectivity index (χ2v) is 6.44. The van der Waals surface area contributed by atoms with Crippen molar-refractivity contribution < 1.29 is 19.1 Å². The van der Waals surface area contributed by atoms with Crippen molar-refractivity contribution in [3.63, 3.8) is 0 Å². The fourth-order valence-electron chi connectivity index (χ4n) is 4.18. The molecule has 118 valence electrons. The normalized spacial score (nSPS) is 31.4. The molecule has 2 amide bonds. The van der Waals surface area contributed by atoms with Gasteiger partial charge in [0.2, 0.25) is 11.8 Å². The first-order valence-electron chi connectivity index (χ1n) is 7.91. The first kappa shape index (κ1) is 14.2. The summed E-state index contributed by atoms with van der Waals surface area (Å²) in [7, 11) is 0. The molecule has 0 aromatic heterocycles. The van der Waals surface area contributed by atoms with Gasteiger partial charge in [0.1, 0.15) is 5.75 Å². The Kier molecular flexibility index (Phi) is 3.11. The maximum absolute atomic E-state index is 12.8. The van der Waals surface area contributed by atoms with Gasteiger partial charge in [-0.25, -0.2) is 4.90 Å². The van der Waals surface area contributed by atoms with Crippen molar-refractivity contribution in [1.82, 2.24) is 0 Å². The van der Waals surface area contributed by atoms with Crippen molar-refractivity contribution in [3.8, 4) is 5.75 Å². The highest BCUT2D eigenvalue weighted by Gasteiger charge is 2.56. The van der Waals surface area contributed by atoms with Gasteiger partial charge in [0, 0.05) is 13.0 Å². The molecule has 4 aliphatic rings. The van der Waals surface area contributed by atoms with Crippen LogP contribution in [0.3, 0.4) is 0 Å². The molecule has 1 heterocycles. The van der Waals surface area contributed by atoms with Crippen molar-refractivity contribution in [3.05, 3.63) is 36.4 Å². The van der Waals surface area contributed by atoms with Gasteiger partial charge in [0.15, 0.2) is 0 Å². The summed E-state index contributed by atoms with van der Waals surface area (Å²) >= 11 is 0. The van der Waals surface area contributed by atoms with Crippen LogP contribution in [0.2, 0.25) is 0 Å². The zero-order valence-corrected chi connectivity index (χ0v) is 12.8. The van der Waals surface area contributed by atoms with Gasteiger partial charge in [0.25, 0.3) is 0 Å². The monoisotopic (exact) mass is 311 g/mol. The smallest absolute Gasteiger partial charge is 0.308 e. The molecule has 0 N–H and O–H groups in total. The first-order chi connectivity index (χ1) is 11.1. The van der Waals surface area contributed by atoms with Gasteiger partial charge in [-0.3, -0.25) is 14.4 Å². The molecule has 5 nitrogen and oxygen atoms in total. The van der Waals surface area contributed by atoms with Crippen molar-refractivity contribution in [1.29, 1.82) is 0 Å². The van der Waals surface area contributed by atoms with E-state index in [1.54, 1.807) is 24.3 Å². The molecular weight excluding hydrogens is 294 g/mol. The van der Waals surface area contributed by atoms with Crippen LogP contribution in [0.4, 0.5) is 5.69 Å². The Labute approximate surface area is 133 Å². The van der Waals surface area contributed by atoms with E-state index in [-0.39, 0.29) is 35.5 Å². The van der Waals surface area contributed by atoms with E-state index in [0.29, 0.717) is 11.4 Å². The Hall–Kier alpha value is -2.43. The number of allylic oxidation sites excluding steroid dienone is 2. The number of carbonyl (C=O) groups is 3.